The molecule has 1 aliphatic carbocycles. The number of ketones is 2. The number of Topliss-reactive ketones (excluding diaryl/α,β-unsaturated/α-hetero) is 1. The Morgan fingerprint density at radius 3 is 2.26 bits per heavy atom. The maximum Gasteiger partial charge on any atom is 0.303 e. The van der Waals surface area contributed by atoms with E-state index in [4.69, 9.17) is 14.2 Å². The second-order valence-corrected chi connectivity index (χ2v) is 4.80. The number of fused-ring (bicyclic) bond motifs is 1. The quantitative estimate of drug-likeness (QED) is 0.807. The molecule has 0 fully saturated rings. The summed E-state index contributed by atoms with van der Waals surface area (Å²) in [7, 11) is 1.28. The molecule has 8 nitrogen and oxygen atoms in total. The lowest BCUT2D eigenvalue weighted by molar-refractivity contribution is -0.144. The van der Waals surface area contributed by atoms with Gasteiger partial charge in [-0.15, -0.1) is 0 Å². The summed E-state index contributed by atoms with van der Waals surface area (Å²) < 4.78 is 14.7. The van der Waals surface area contributed by atoms with Crippen LogP contribution in [-0.4, -0.2) is 35.6 Å². The Balaban J connectivity index is 2.48. The molecule has 0 saturated carbocycles. The average Bonchev–Trinajstić information content (AvgIpc) is 2.86. The number of ether oxygens (including phenoxy) is 3. The summed E-state index contributed by atoms with van der Waals surface area (Å²) in [6, 6.07) is 0. The molecule has 8 heteroatoms. The molecule has 0 radical (unpaired) electrons. The highest BCUT2D eigenvalue weighted by atomic mass is 16.5. The molecule has 0 aliphatic heterocycles. The van der Waals surface area contributed by atoms with E-state index in [1.807, 2.05) is 0 Å². The van der Waals surface area contributed by atoms with Crippen LogP contribution in [0.5, 0.6) is 0 Å². The van der Waals surface area contributed by atoms with Crippen LogP contribution in [0.2, 0.25) is 0 Å². The summed E-state index contributed by atoms with van der Waals surface area (Å²) in [6.07, 6.45) is 1.08. The molecule has 1 heterocycles. The molecule has 0 saturated heterocycles. The Morgan fingerprint density at radius 1 is 1.09 bits per heavy atom. The van der Waals surface area contributed by atoms with Crippen molar-refractivity contribution in [1.29, 1.82) is 0 Å². The molecule has 1 aromatic rings. The van der Waals surface area contributed by atoms with E-state index >= 15 is 0 Å². The number of rotatable bonds is 5. The molecule has 1 aromatic heterocycles. The van der Waals surface area contributed by atoms with Crippen LogP contribution < -0.4 is 0 Å². The first-order chi connectivity index (χ1) is 10.8. The molecular formula is C15H15NO7. The van der Waals surface area contributed by atoms with Crippen LogP contribution in [0.15, 0.2) is 11.8 Å². The van der Waals surface area contributed by atoms with Gasteiger partial charge in [-0.1, -0.05) is 0 Å². The number of carbonyl (C=O) groups is 4. The molecular weight excluding hydrogens is 306 g/mol. The van der Waals surface area contributed by atoms with Gasteiger partial charge in [-0.2, -0.15) is 0 Å². The van der Waals surface area contributed by atoms with E-state index in [1.54, 1.807) is 0 Å². The largest absolute Gasteiger partial charge is 0.492 e. The van der Waals surface area contributed by atoms with E-state index in [1.165, 1.54) is 21.0 Å². The maximum absolute atomic E-state index is 12.4. The monoisotopic (exact) mass is 321 g/mol. The Hall–Kier alpha value is -2.90. The fourth-order valence-corrected chi connectivity index (χ4v) is 2.19. The summed E-state index contributed by atoms with van der Waals surface area (Å²) >= 11 is 0. The molecule has 0 bridgehead atoms. The van der Waals surface area contributed by atoms with E-state index < -0.39 is 23.5 Å². The van der Waals surface area contributed by atoms with Gasteiger partial charge < -0.3 is 19.2 Å². The number of allylic oxidation sites excluding steroid dienone is 2. The summed E-state index contributed by atoms with van der Waals surface area (Å²) in [5.74, 6) is -2.13. The van der Waals surface area contributed by atoms with Crippen LogP contribution in [0.1, 0.15) is 46.0 Å². The molecule has 0 amide bonds. The first-order valence-electron chi connectivity index (χ1n) is 6.70. The van der Waals surface area contributed by atoms with Gasteiger partial charge in [-0.25, -0.2) is 0 Å². The van der Waals surface area contributed by atoms with Crippen LogP contribution in [-0.2, 0) is 37.0 Å². The van der Waals surface area contributed by atoms with Gasteiger partial charge in [0.1, 0.15) is 13.2 Å². The lowest BCUT2D eigenvalue weighted by Gasteiger charge is -2.12. The van der Waals surface area contributed by atoms with Crippen molar-refractivity contribution in [2.75, 3.05) is 7.11 Å². The lowest BCUT2D eigenvalue weighted by Crippen LogP contribution is -2.18. The Kier molecular flexibility index (Phi) is 4.63. The van der Waals surface area contributed by atoms with Crippen molar-refractivity contribution in [2.45, 2.75) is 27.1 Å². The average molecular weight is 321 g/mol. The standard InChI is InChI=1S/C15H15NO7/c1-7(17)22-5-9-10(6-23-8(2)18)16-14-11(19)4-12(21-3)15(20)13(9)14/h4,16H,5-6H2,1-3H3. The fourth-order valence-electron chi connectivity index (χ4n) is 2.19. The van der Waals surface area contributed by atoms with Gasteiger partial charge in [0, 0.05) is 25.5 Å². The minimum absolute atomic E-state index is 0.0557. The first kappa shape index (κ1) is 16.5. The van der Waals surface area contributed by atoms with Crippen LogP contribution >= 0.6 is 0 Å². The number of H-pyrrole nitrogens is 1. The van der Waals surface area contributed by atoms with Crippen molar-refractivity contribution >= 4 is 23.5 Å². The zero-order valence-electron chi connectivity index (χ0n) is 12.8. The van der Waals surface area contributed by atoms with Crippen LogP contribution in [0.25, 0.3) is 0 Å². The lowest BCUT2D eigenvalue weighted by atomic mass is 9.96. The normalized spacial score (nSPS) is 13.3. The fraction of sp³-hybridized carbons (Fsp3) is 0.333. The molecule has 23 heavy (non-hydrogen) atoms. The minimum Gasteiger partial charge on any atom is -0.492 e. The zero-order chi connectivity index (χ0) is 17.1. The molecule has 0 aromatic carbocycles. The maximum atomic E-state index is 12.4. The van der Waals surface area contributed by atoms with Crippen molar-refractivity contribution in [3.63, 3.8) is 0 Å². The van der Waals surface area contributed by atoms with Gasteiger partial charge in [0.15, 0.2) is 5.76 Å². The van der Waals surface area contributed by atoms with E-state index in [2.05, 4.69) is 4.98 Å². The van der Waals surface area contributed by atoms with Crippen molar-refractivity contribution in [3.8, 4) is 0 Å². The van der Waals surface area contributed by atoms with Gasteiger partial charge in [0.2, 0.25) is 11.6 Å². The van der Waals surface area contributed by atoms with E-state index in [0.717, 1.165) is 6.08 Å². The highest BCUT2D eigenvalue weighted by Gasteiger charge is 2.33. The summed E-state index contributed by atoms with van der Waals surface area (Å²) in [5, 5.41) is 0. The summed E-state index contributed by atoms with van der Waals surface area (Å²) in [5.41, 5.74) is 0.731. The first-order valence-corrected chi connectivity index (χ1v) is 6.70. The van der Waals surface area contributed by atoms with Gasteiger partial charge in [0.05, 0.1) is 24.1 Å². The van der Waals surface area contributed by atoms with Crippen molar-refractivity contribution in [3.05, 3.63) is 34.3 Å². The SMILES string of the molecule is COC1=CC(=O)c2[nH]c(COC(C)=O)c(COC(C)=O)c2C1=O. The second kappa shape index (κ2) is 6.47. The van der Waals surface area contributed by atoms with E-state index in [9.17, 15) is 19.2 Å². The second-order valence-electron chi connectivity index (χ2n) is 4.80. The van der Waals surface area contributed by atoms with Gasteiger partial charge in [-0.3, -0.25) is 19.2 Å². The number of esters is 2. The highest BCUT2D eigenvalue weighted by molar-refractivity contribution is 6.23. The third kappa shape index (κ3) is 3.31. The number of carbonyl (C=O) groups excluding carboxylic acids is 4. The third-order valence-corrected chi connectivity index (χ3v) is 3.21. The molecule has 0 unspecified atom stereocenters. The summed E-state index contributed by atoms with van der Waals surface area (Å²) in [6.45, 7) is 2.05. The van der Waals surface area contributed by atoms with Crippen LogP contribution in [0, 0.1) is 0 Å². The molecule has 2 rings (SSSR count). The van der Waals surface area contributed by atoms with E-state index in [0.29, 0.717) is 5.69 Å². The topological polar surface area (TPSA) is 112 Å². The van der Waals surface area contributed by atoms with Crippen molar-refractivity contribution in [1.82, 2.24) is 4.98 Å². The molecule has 0 spiro atoms. The predicted molar refractivity (Wildman–Crippen MR) is 75.5 cm³/mol. The molecule has 1 aliphatic rings. The zero-order valence-corrected chi connectivity index (χ0v) is 12.8. The van der Waals surface area contributed by atoms with Gasteiger partial charge in [0.25, 0.3) is 0 Å². The number of aromatic nitrogens is 1. The Labute approximate surface area is 131 Å². The molecule has 122 valence electrons. The van der Waals surface area contributed by atoms with Crippen LogP contribution in [0.3, 0.4) is 0 Å². The molecule has 1 N–H and O–H groups in total. The number of hydrogen-bond donors (Lipinski definition) is 1. The Morgan fingerprint density at radius 2 is 1.70 bits per heavy atom. The van der Waals surface area contributed by atoms with E-state index in [-0.39, 0.29) is 35.8 Å². The minimum atomic E-state index is -0.546. The third-order valence-electron chi connectivity index (χ3n) is 3.21. The highest BCUT2D eigenvalue weighted by Crippen LogP contribution is 2.28. The number of aromatic amines is 1. The van der Waals surface area contributed by atoms with Gasteiger partial charge in [-0.05, 0) is 0 Å². The van der Waals surface area contributed by atoms with Gasteiger partial charge >= 0.3 is 11.9 Å². The Bertz CT molecular complexity index is 726. The number of methoxy groups -OCH3 is 1. The predicted octanol–water partition coefficient (Wildman–Crippen LogP) is 1.05. The summed E-state index contributed by atoms with van der Waals surface area (Å²) in [4.78, 5) is 49.3. The number of nitrogens with one attached hydrogen (secondary N) is 1. The van der Waals surface area contributed by atoms with Crippen molar-refractivity contribution in [2.24, 2.45) is 0 Å². The molecule has 0 atom stereocenters. The smallest absolute Gasteiger partial charge is 0.303 e. The van der Waals surface area contributed by atoms with Crippen molar-refractivity contribution < 1.29 is 33.4 Å². The number of hydrogen-bond acceptors (Lipinski definition) is 7. The van der Waals surface area contributed by atoms with Crippen LogP contribution in [0.4, 0.5) is 0 Å².